The molecule has 0 aliphatic carbocycles. The molecule has 1 amide bonds. The normalized spacial score (nSPS) is 10.5. The average molecular weight is 328 g/mol. The number of hydrogen-bond donors (Lipinski definition) is 1. The molecule has 0 aliphatic rings. The third-order valence-electron chi connectivity index (χ3n) is 3.28. The average Bonchev–Trinajstić information content (AvgIpc) is 3.01. The van der Waals surface area contributed by atoms with E-state index in [1.54, 1.807) is 37.3 Å². The van der Waals surface area contributed by atoms with Gasteiger partial charge in [0.25, 0.3) is 5.91 Å². The molecule has 0 bridgehead atoms. The van der Waals surface area contributed by atoms with Crippen molar-refractivity contribution in [2.75, 3.05) is 0 Å². The Hall–Kier alpha value is -2.66. The third kappa shape index (κ3) is 3.76. The van der Waals surface area contributed by atoms with Crippen molar-refractivity contribution in [3.8, 4) is 11.4 Å². The minimum atomic E-state index is -0.165. The number of rotatable bonds is 4. The van der Waals surface area contributed by atoms with E-state index in [1.165, 1.54) is 0 Å². The first kappa shape index (κ1) is 15.2. The first-order chi connectivity index (χ1) is 11.1. The SMILES string of the molecule is Cc1nc(-c2cccc(C(=O)NCc3ccc(Cl)cc3)c2)no1. The van der Waals surface area contributed by atoms with Crippen LogP contribution >= 0.6 is 11.6 Å². The van der Waals surface area contributed by atoms with Crippen molar-refractivity contribution in [3.05, 3.63) is 70.6 Å². The molecular formula is C17H14ClN3O2. The number of halogens is 1. The largest absolute Gasteiger partial charge is 0.348 e. The number of carbonyl (C=O) groups excluding carboxylic acids is 1. The second-order valence-electron chi connectivity index (χ2n) is 5.03. The van der Waals surface area contributed by atoms with Gasteiger partial charge in [0.1, 0.15) is 0 Å². The van der Waals surface area contributed by atoms with Crippen LogP contribution in [0.4, 0.5) is 0 Å². The Morgan fingerprint density at radius 1 is 1.22 bits per heavy atom. The number of aryl methyl sites for hydroxylation is 1. The molecule has 0 spiro atoms. The highest BCUT2D eigenvalue weighted by atomic mass is 35.5. The van der Waals surface area contributed by atoms with Crippen LogP contribution in [-0.2, 0) is 6.54 Å². The second kappa shape index (κ2) is 6.62. The van der Waals surface area contributed by atoms with Crippen LogP contribution in [0.25, 0.3) is 11.4 Å². The molecule has 0 fully saturated rings. The fourth-order valence-electron chi connectivity index (χ4n) is 2.10. The van der Waals surface area contributed by atoms with Gasteiger partial charge in [-0.05, 0) is 29.8 Å². The number of nitrogens with one attached hydrogen (secondary N) is 1. The van der Waals surface area contributed by atoms with E-state index in [-0.39, 0.29) is 5.91 Å². The molecule has 1 N–H and O–H groups in total. The van der Waals surface area contributed by atoms with E-state index in [1.807, 2.05) is 18.2 Å². The van der Waals surface area contributed by atoms with E-state index in [2.05, 4.69) is 15.5 Å². The maximum Gasteiger partial charge on any atom is 0.251 e. The number of nitrogens with zero attached hydrogens (tertiary/aromatic N) is 2. The zero-order chi connectivity index (χ0) is 16.2. The van der Waals surface area contributed by atoms with E-state index in [4.69, 9.17) is 16.1 Å². The van der Waals surface area contributed by atoms with Crippen LogP contribution in [0.5, 0.6) is 0 Å². The molecule has 6 heteroatoms. The minimum Gasteiger partial charge on any atom is -0.348 e. The van der Waals surface area contributed by atoms with Crippen molar-refractivity contribution < 1.29 is 9.32 Å². The molecule has 3 rings (SSSR count). The van der Waals surface area contributed by atoms with Gasteiger partial charge in [0.05, 0.1) is 0 Å². The Morgan fingerprint density at radius 3 is 2.70 bits per heavy atom. The topological polar surface area (TPSA) is 68.0 Å². The summed E-state index contributed by atoms with van der Waals surface area (Å²) in [6, 6.07) is 14.4. The van der Waals surface area contributed by atoms with Gasteiger partial charge in [-0.3, -0.25) is 4.79 Å². The van der Waals surface area contributed by atoms with Gasteiger partial charge < -0.3 is 9.84 Å². The number of amides is 1. The second-order valence-corrected chi connectivity index (χ2v) is 5.46. The number of benzene rings is 2. The Bertz CT molecular complexity index is 828. The van der Waals surface area contributed by atoms with Crippen molar-refractivity contribution in [2.45, 2.75) is 13.5 Å². The van der Waals surface area contributed by atoms with E-state index in [0.717, 1.165) is 11.1 Å². The van der Waals surface area contributed by atoms with Crippen LogP contribution < -0.4 is 5.32 Å². The molecule has 2 aromatic carbocycles. The Kier molecular flexibility index (Phi) is 4.39. The fourth-order valence-corrected chi connectivity index (χ4v) is 2.23. The smallest absolute Gasteiger partial charge is 0.251 e. The van der Waals surface area contributed by atoms with Crippen molar-refractivity contribution in [1.29, 1.82) is 0 Å². The summed E-state index contributed by atoms with van der Waals surface area (Å²) in [5, 5.41) is 7.40. The predicted molar refractivity (Wildman–Crippen MR) is 87.1 cm³/mol. The number of aromatic nitrogens is 2. The molecule has 5 nitrogen and oxygen atoms in total. The zero-order valence-electron chi connectivity index (χ0n) is 12.4. The first-order valence-corrected chi connectivity index (χ1v) is 7.43. The maximum atomic E-state index is 12.3. The fraction of sp³-hybridized carbons (Fsp3) is 0.118. The lowest BCUT2D eigenvalue weighted by Gasteiger charge is -2.06. The summed E-state index contributed by atoms with van der Waals surface area (Å²) >= 11 is 5.84. The predicted octanol–water partition coefficient (Wildman–Crippen LogP) is 3.63. The van der Waals surface area contributed by atoms with Crippen LogP contribution in [0.3, 0.4) is 0 Å². The molecule has 0 aliphatic heterocycles. The highest BCUT2D eigenvalue weighted by molar-refractivity contribution is 6.30. The molecule has 0 radical (unpaired) electrons. The molecule has 0 atom stereocenters. The molecule has 3 aromatic rings. The van der Waals surface area contributed by atoms with Crippen LogP contribution in [0.15, 0.2) is 53.1 Å². The molecule has 1 aromatic heterocycles. The highest BCUT2D eigenvalue weighted by Gasteiger charge is 2.10. The van der Waals surface area contributed by atoms with Crippen LogP contribution in [-0.4, -0.2) is 16.0 Å². The monoisotopic (exact) mass is 327 g/mol. The first-order valence-electron chi connectivity index (χ1n) is 7.05. The molecular weight excluding hydrogens is 314 g/mol. The van der Waals surface area contributed by atoms with Gasteiger partial charge in [-0.2, -0.15) is 4.98 Å². The van der Waals surface area contributed by atoms with Crippen molar-refractivity contribution in [3.63, 3.8) is 0 Å². The zero-order valence-corrected chi connectivity index (χ0v) is 13.2. The van der Waals surface area contributed by atoms with E-state index in [9.17, 15) is 4.79 Å². The van der Waals surface area contributed by atoms with Crippen molar-refractivity contribution >= 4 is 17.5 Å². The number of carbonyl (C=O) groups is 1. The summed E-state index contributed by atoms with van der Waals surface area (Å²) in [4.78, 5) is 16.4. The van der Waals surface area contributed by atoms with Gasteiger partial charge in [0, 0.05) is 29.6 Å². The van der Waals surface area contributed by atoms with Gasteiger partial charge in [-0.1, -0.05) is 41.0 Å². The Labute approximate surface area is 138 Å². The molecule has 0 unspecified atom stereocenters. The summed E-state index contributed by atoms with van der Waals surface area (Å²) in [5.74, 6) is 0.787. The molecule has 23 heavy (non-hydrogen) atoms. The summed E-state index contributed by atoms with van der Waals surface area (Å²) in [6.07, 6.45) is 0. The highest BCUT2D eigenvalue weighted by Crippen LogP contribution is 2.17. The summed E-state index contributed by atoms with van der Waals surface area (Å²) in [6.45, 7) is 2.15. The lowest BCUT2D eigenvalue weighted by molar-refractivity contribution is 0.0951. The Morgan fingerprint density at radius 2 is 2.00 bits per heavy atom. The van der Waals surface area contributed by atoms with Crippen LogP contribution in [0.2, 0.25) is 5.02 Å². The van der Waals surface area contributed by atoms with Gasteiger partial charge in [0.2, 0.25) is 11.7 Å². The van der Waals surface area contributed by atoms with Crippen molar-refractivity contribution in [2.24, 2.45) is 0 Å². The van der Waals surface area contributed by atoms with Gasteiger partial charge >= 0.3 is 0 Å². The lowest BCUT2D eigenvalue weighted by atomic mass is 10.1. The lowest BCUT2D eigenvalue weighted by Crippen LogP contribution is -2.22. The van der Waals surface area contributed by atoms with Gasteiger partial charge in [-0.25, -0.2) is 0 Å². The van der Waals surface area contributed by atoms with Gasteiger partial charge in [0.15, 0.2) is 0 Å². The maximum absolute atomic E-state index is 12.3. The molecule has 0 saturated carbocycles. The molecule has 1 heterocycles. The standard InChI is InChI=1S/C17H14ClN3O2/c1-11-20-16(21-23-11)13-3-2-4-14(9-13)17(22)19-10-12-5-7-15(18)8-6-12/h2-9H,10H2,1H3,(H,19,22). The molecule has 0 saturated heterocycles. The summed E-state index contributed by atoms with van der Waals surface area (Å²) < 4.78 is 4.96. The summed E-state index contributed by atoms with van der Waals surface area (Å²) in [7, 11) is 0. The van der Waals surface area contributed by atoms with Crippen molar-refractivity contribution in [1.82, 2.24) is 15.5 Å². The van der Waals surface area contributed by atoms with Gasteiger partial charge in [-0.15, -0.1) is 0 Å². The Balaban J connectivity index is 1.71. The minimum absolute atomic E-state index is 0.165. The summed E-state index contributed by atoms with van der Waals surface area (Å²) in [5.41, 5.74) is 2.26. The third-order valence-corrected chi connectivity index (χ3v) is 3.53. The van der Waals surface area contributed by atoms with E-state index in [0.29, 0.717) is 28.8 Å². The quantitative estimate of drug-likeness (QED) is 0.794. The van der Waals surface area contributed by atoms with E-state index < -0.39 is 0 Å². The van der Waals surface area contributed by atoms with E-state index >= 15 is 0 Å². The van der Waals surface area contributed by atoms with Crippen LogP contribution in [0.1, 0.15) is 21.8 Å². The molecule has 116 valence electrons. The van der Waals surface area contributed by atoms with Crippen LogP contribution in [0, 0.1) is 6.92 Å². The number of hydrogen-bond acceptors (Lipinski definition) is 4.